The highest BCUT2D eigenvalue weighted by Crippen LogP contribution is 2.43. The second-order valence-electron chi connectivity index (χ2n) is 10.1. The minimum atomic E-state index is -5.67. The molecule has 0 bridgehead atoms. The van der Waals surface area contributed by atoms with Crippen molar-refractivity contribution in [2.45, 2.75) is 104 Å². The number of hydrogen-bond acceptors (Lipinski definition) is 2. The molecule has 0 fully saturated rings. The summed E-state index contributed by atoms with van der Waals surface area (Å²) in [6.45, 7) is 12.8. The quantitative estimate of drug-likeness (QED) is 0.285. The van der Waals surface area contributed by atoms with Gasteiger partial charge in [0.2, 0.25) is 0 Å². The molecule has 0 aromatic heterocycles. The summed E-state index contributed by atoms with van der Waals surface area (Å²) in [7, 11) is 0. The van der Waals surface area contributed by atoms with Crippen LogP contribution in [-0.2, 0) is 20.4 Å². The van der Waals surface area contributed by atoms with Crippen LogP contribution in [-0.4, -0.2) is 30.6 Å². The fraction of sp³-hybridized carbons (Fsp3) is 0.708. The average molecular weight is 525 g/mol. The van der Waals surface area contributed by atoms with Crippen molar-refractivity contribution in [3.63, 3.8) is 0 Å². The van der Waals surface area contributed by atoms with Gasteiger partial charge in [0, 0.05) is 0 Å². The van der Waals surface area contributed by atoms with Crippen molar-refractivity contribution >= 4 is 5.97 Å². The average Bonchev–Trinajstić information content (AvgIpc) is 2.68. The number of benzene rings is 1. The van der Waals surface area contributed by atoms with E-state index in [0.29, 0.717) is 5.56 Å². The predicted molar refractivity (Wildman–Crippen MR) is 115 cm³/mol. The van der Waals surface area contributed by atoms with E-state index < -0.39 is 41.4 Å². The highest BCUT2D eigenvalue weighted by atomic mass is 19.4. The molecule has 0 radical (unpaired) electrons. The lowest BCUT2D eigenvalue weighted by molar-refractivity contribution is -0.315. The molecule has 0 saturated carbocycles. The summed E-state index contributed by atoms with van der Waals surface area (Å²) in [5, 5.41) is 0. The Labute approximate surface area is 200 Å². The van der Waals surface area contributed by atoms with Crippen LogP contribution in [0.3, 0.4) is 0 Å². The number of carbonyl (C=O) groups is 1. The first-order valence-corrected chi connectivity index (χ1v) is 10.9. The van der Waals surface area contributed by atoms with Gasteiger partial charge in [0.05, 0.1) is 10.8 Å². The number of carbonyl (C=O) groups excluding carboxylic acids is 1. The van der Waals surface area contributed by atoms with E-state index in [9.17, 15) is 44.3 Å². The van der Waals surface area contributed by atoms with Gasteiger partial charge in [-0.25, -0.2) is 0 Å². The van der Waals surface area contributed by atoms with Crippen molar-refractivity contribution in [1.82, 2.24) is 0 Å². The van der Waals surface area contributed by atoms with E-state index in [4.69, 9.17) is 0 Å². The smallest absolute Gasteiger partial charge is 0.434 e. The molecule has 0 aliphatic heterocycles. The van der Waals surface area contributed by atoms with E-state index in [2.05, 4.69) is 4.74 Å². The van der Waals surface area contributed by atoms with Gasteiger partial charge < -0.3 is 4.74 Å². The Morgan fingerprint density at radius 2 is 1.09 bits per heavy atom. The molecule has 1 aromatic carbocycles. The predicted octanol–water partition coefficient (Wildman–Crippen LogP) is 8.67. The molecule has 2 nitrogen and oxygen atoms in total. The molecule has 0 aliphatic rings. The molecule has 11 heteroatoms. The Bertz CT molecular complexity index is 800. The van der Waals surface area contributed by atoms with Gasteiger partial charge in [-0.05, 0) is 50.2 Å². The van der Waals surface area contributed by atoms with Crippen LogP contribution in [0.5, 0.6) is 0 Å². The third-order valence-corrected chi connectivity index (χ3v) is 5.98. The number of alkyl halides is 9. The Morgan fingerprint density at radius 1 is 0.714 bits per heavy atom. The van der Waals surface area contributed by atoms with Gasteiger partial charge in [-0.3, -0.25) is 4.79 Å². The molecule has 0 amide bonds. The van der Waals surface area contributed by atoms with Crippen LogP contribution in [0.15, 0.2) is 24.3 Å². The second-order valence-corrected chi connectivity index (χ2v) is 10.1. The van der Waals surface area contributed by atoms with E-state index in [0.717, 1.165) is 5.56 Å². The zero-order valence-electron chi connectivity index (χ0n) is 21.0. The van der Waals surface area contributed by atoms with Crippen LogP contribution < -0.4 is 0 Å². The minimum absolute atomic E-state index is 0.0423. The molecule has 1 unspecified atom stereocenters. The molecule has 35 heavy (non-hydrogen) atoms. The molecule has 0 aliphatic carbocycles. The summed E-state index contributed by atoms with van der Waals surface area (Å²) in [6.07, 6.45) is -19.5. The molecule has 0 heterocycles. The van der Waals surface area contributed by atoms with Gasteiger partial charge in [0.1, 0.15) is 0 Å². The Hall–Kier alpha value is -1.94. The van der Waals surface area contributed by atoms with Gasteiger partial charge in [-0.15, -0.1) is 0 Å². The maximum absolute atomic E-state index is 13.1. The van der Waals surface area contributed by atoms with Crippen molar-refractivity contribution in [1.29, 1.82) is 0 Å². The van der Waals surface area contributed by atoms with E-state index >= 15 is 0 Å². The van der Waals surface area contributed by atoms with E-state index in [1.54, 1.807) is 31.2 Å². The number of hydrogen-bond donors (Lipinski definition) is 0. The zero-order chi connectivity index (χ0) is 28.3. The molecule has 204 valence electrons. The standard InChI is InChI=1S/C15H21F3.C9H12F6O2/c1-6-14(5,15(16,17)18)12-9-7-11(8-10-12)13(2,3)4;1-4-7(2,3)6(16)17-5(8(10,11)12)9(13,14)15/h7-10H,6H2,1-5H3;5H,4H2,1-3H3. The van der Waals surface area contributed by atoms with Crippen molar-refractivity contribution in [2.24, 2.45) is 5.41 Å². The summed E-state index contributed by atoms with van der Waals surface area (Å²) < 4.78 is 115. The maximum Gasteiger partial charge on any atom is 0.434 e. The van der Waals surface area contributed by atoms with Gasteiger partial charge >= 0.3 is 24.5 Å². The first kappa shape index (κ1) is 33.1. The van der Waals surface area contributed by atoms with Crippen LogP contribution in [0.1, 0.15) is 79.4 Å². The molecule has 0 spiro atoms. The molecule has 1 atom stereocenters. The van der Waals surface area contributed by atoms with Crippen molar-refractivity contribution in [3.8, 4) is 0 Å². The first-order chi connectivity index (χ1) is 15.3. The normalized spacial score (nSPS) is 15.3. The third kappa shape index (κ3) is 8.90. The topological polar surface area (TPSA) is 26.3 Å². The second kappa shape index (κ2) is 11.0. The SMILES string of the molecule is CCC(C)(C)C(=O)OC(C(F)(F)F)C(F)(F)F.CCC(C)(c1ccc(C(C)(C)C)cc1)C(F)(F)F. The van der Waals surface area contributed by atoms with Crippen LogP contribution in [0.25, 0.3) is 0 Å². The minimum Gasteiger partial charge on any atom is -0.442 e. The Morgan fingerprint density at radius 3 is 1.34 bits per heavy atom. The van der Waals surface area contributed by atoms with Gasteiger partial charge in [0.15, 0.2) is 0 Å². The van der Waals surface area contributed by atoms with E-state index in [1.165, 1.54) is 27.7 Å². The lowest BCUT2D eigenvalue weighted by Gasteiger charge is -2.32. The summed E-state index contributed by atoms with van der Waals surface area (Å²) in [6, 6.07) is 6.82. The number of rotatable bonds is 5. The van der Waals surface area contributed by atoms with Gasteiger partial charge in [0.25, 0.3) is 6.10 Å². The molecule has 0 saturated heterocycles. The van der Waals surface area contributed by atoms with Crippen molar-refractivity contribution in [2.75, 3.05) is 0 Å². The fourth-order valence-electron chi connectivity index (χ4n) is 2.64. The molecule has 0 N–H and O–H groups in total. The molecular formula is C24H33F9O2. The van der Waals surface area contributed by atoms with Crippen molar-refractivity contribution < 1.29 is 49.0 Å². The summed E-state index contributed by atoms with van der Waals surface area (Å²) in [5.41, 5.74) is -1.81. The van der Waals surface area contributed by atoms with Crippen LogP contribution in [0, 0.1) is 5.41 Å². The summed E-state index contributed by atoms with van der Waals surface area (Å²) in [4.78, 5) is 11.2. The first-order valence-electron chi connectivity index (χ1n) is 10.9. The summed E-state index contributed by atoms with van der Waals surface area (Å²) in [5.74, 6) is -1.53. The Balaban J connectivity index is 0.000000662. The highest BCUT2D eigenvalue weighted by Gasteiger charge is 2.60. The van der Waals surface area contributed by atoms with Crippen molar-refractivity contribution in [3.05, 3.63) is 35.4 Å². The van der Waals surface area contributed by atoms with E-state index in [1.807, 2.05) is 20.8 Å². The largest absolute Gasteiger partial charge is 0.442 e. The van der Waals surface area contributed by atoms with Crippen LogP contribution in [0.2, 0.25) is 0 Å². The third-order valence-electron chi connectivity index (χ3n) is 5.98. The Kier molecular flexibility index (Phi) is 10.4. The lowest BCUT2D eigenvalue weighted by atomic mass is 9.77. The number of halogens is 9. The lowest BCUT2D eigenvalue weighted by Crippen LogP contribution is -2.47. The van der Waals surface area contributed by atoms with Gasteiger partial charge in [-0.1, -0.05) is 58.9 Å². The molecule has 1 aromatic rings. The number of ether oxygens (including phenoxy) is 1. The van der Waals surface area contributed by atoms with Crippen LogP contribution in [0.4, 0.5) is 39.5 Å². The summed E-state index contributed by atoms with van der Waals surface area (Å²) >= 11 is 0. The highest BCUT2D eigenvalue weighted by molar-refractivity contribution is 5.76. The number of esters is 1. The van der Waals surface area contributed by atoms with Crippen LogP contribution >= 0.6 is 0 Å². The monoisotopic (exact) mass is 524 g/mol. The van der Waals surface area contributed by atoms with E-state index in [-0.39, 0.29) is 18.3 Å². The fourth-order valence-corrected chi connectivity index (χ4v) is 2.64. The molecular weight excluding hydrogens is 491 g/mol. The van der Waals surface area contributed by atoms with Gasteiger partial charge in [-0.2, -0.15) is 39.5 Å². The zero-order valence-corrected chi connectivity index (χ0v) is 21.0. The maximum atomic E-state index is 13.1. The molecule has 1 rings (SSSR count).